The number of aryl methyl sites for hydroxylation is 1. The molecule has 6 nitrogen and oxygen atoms in total. The number of amides is 1. The van der Waals surface area contributed by atoms with Crippen LogP contribution in [-0.4, -0.2) is 30.1 Å². The molecule has 0 saturated heterocycles. The lowest BCUT2D eigenvalue weighted by atomic mass is 10.2. The number of carbonyl (C=O) groups excluding carboxylic acids is 1. The fraction of sp³-hybridized carbons (Fsp3) is 0.286. The van der Waals surface area contributed by atoms with Crippen molar-refractivity contribution < 1.29 is 18.7 Å². The normalized spacial score (nSPS) is 16.8. The number of benzene rings is 1. The molecular formula is C14H14N2O4. The Morgan fingerprint density at radius 1 is 1.40 bits per heavy atom. The highest BCUT2D eigenvalue weighted by Gasteiger charge is 2.22. The number of nitrogens with one attached hydrogen (secondary N) is 1. The van der Waals surface area contributed by atoms with Gasteiger partial charge in [0.15, 0.2) is 11.5 Å². The summed E-state index contributed by atoms with van der Waals surface area (Å²) in [5.74, 6) is 1.70. The number of hydrogen-bond donors (Lipinski definition) is 1. The maximum absolute atomic E-state index is 11.8. The van der Waals surface area contributed by atoms with E-state index in [4.69, 9.17) is 13.9 Å². The summed E-state index contributed by atoms with van der Waals surface area (Å²) in [5.41, 5.74) is 0. The maximum atomic E-state index is 11.8. The highest BCUT2D eigenvalue weighted by atomic mass is 16.6. The molecule has 0 fully saturated rings. The molecule has 1 aliphatic rings. The second-order valence-corrected chi connectivity index (χ2v) is 4.48. The van der Waals surface area contributed by atoms with Gasteiger partial charge < -0.3 is 19.2 Å². The number of rotatable bonds is 3. The molecule has 1 N–H and O–H groups in total. The third-order valence-electron chi connectivity index (χ3n) is 2.87. The van der Waals surface area contributed by atoms with Crippen molar-refractivity contribution in [3.8, 4) is 11.5 Å². The summed E-state index contributed by atoms with van der Waals surface area (Å²) in [6.07, 6.45) is 1.27. The van der Waals surface area contributed by atoms with Crippen molar-refractivity contribution >= 4 is 5.91 Å². The third-order valence-corrected chi connectivity index (χ3v) is 2.87. The van der Waals surface area contributed by atoms with Gasteiger partial charge in [0.25, 0.3) is 5.89 Å². The molecule has 0 radical (unpaired) electrons. The summed E-state index contributed by atoms with van der Waals surface area (Å²) in [6, 6.07) is 7.44. The van der Waals surface area contributed by atoms with Crippen LogP contribution >= 0.6 is 0 Å². The van der Waals surface area contributed by atoms with E-state index < -0.39 is 0 Å². The Morgan fingerprint density at radius 3 is 2.95 bits per heavy atom. The van der Waals surface area contributed by atoms with Crippen LogP contribution in [0.5, 0.6) is 11.5 Å². The number of ether oxygens (including phenoxy) is 2. The summed E-state index contributed by atoms with van der Waals surface area (Å²) in [4.78, 5) is 15.6. The van der Waals surface area contributed by atoms with Gasteiger partial charge in [-0.25, -0.2) is 4.98 Å². The van der Waals surface area contributed by atoms with Crippen molar-refractivity contribution in [2.45, 2.75) is 13.0 Å². The van der Waals surface area contributed by atoms with Crippen LogP contribution in [0.3, 0.4) is 0 Å². The first-order valence-corrected chi connectivity index (χ1v) is 6.31. The van der Waals surface area contributed by atoms with E-state index in [0.717, 1.165) is 5.75 Å². The molecule has 1 unspecified atom stereocenters. The van der Waals surface area contributed by atoms with Gasteiger partial charge in [-0.2, -0.15) is 0 Å². The van der Waals surface area contributed by atoms with Crippen molar-refractivity contribution in [2.75, 3.05) is 13.2 Å². The minimum Gasteiger partial charge on any atom is -0.486 e. The van der Waals surface area contributed by atoms with E-state index >= 15 is 0 Å². The first-order chi connectivity index (χ1) is 9.72. The van der Waals surface area contributed by atoms with Crippen molar-refractivity contribution in [1.29, 1.82) is 0 Å². The topological polar surface area (TPSA) is 73.6 Å². The van der Waals surface area contributed by atoms with Gasteiger partial charge in [-0.15, -0.1) is 0 Å². The summed E-state index contributed by atoms with van der Waals surface area (Å²) >= 11 is 0. The summed E-state index contributed by atoms with van der Waals surface area (Å²) < 4.78 is 16.4. The Kier molecular flexibility index (Phi) is 3.28. The number of carbonyl (C=O) groups is 1. The molecule has 0 saturated carbocycles. The van der Waals surface area contributed by atoms with E-state index in [1.165, 1.54) is 6.20 Å². The zero-order valence-corrected chi connectivity index (χ0v) is 11.0. The highest BCUT2D eigenvalue weighted by molar-refractivity contribution is 5.89. The molecule has 0 aliphatic carbocycles. The molecular weight excluding hydrogens is 260 g/mol. The minimum atomic E-state index is -0.361. The average Bonchev–Trinajstić information content (AvgIpc) is 2.91. The number of fused-ring (bicyclic) bond motifs is 1. The summed E-state index contributed by atoms with van der Waals surface area (Å²) in [5, 5.41) is 2.71. The summed E-state index contributed by atoms with van der Waals surface area (Å²) in [7, 11) is 0. The van der Waals surface area contributed by atoms with E-state index in [-0.39, 0.29) is 17.9 Å². The largest absolute Gasteiger partial charge is 0.486 e. The number of aromatic nitrogens is 1. The predicted octanol–water partition coefficient (Wildman–Crippen LogP) is 1.55. The van der Waals surface area contributed by atoms with Crippen molar-refractivity contribution in [3.05, 3.63) is 42.1 Å². The molecule has 3 rings (SSSR count). The van der Waals surface area contributed by atoms with Crippen LogP contribution in [0.15, 0.2) is 34.9 Å². The second-order valence-electron chi connectivity index (χ2n) is 4.48. The molecule has 2 aromatic rings. The van der Waals surface area contributed by atoms with Crippen LogP contribution in [0.2, 0.25) is 0 Å². The van der Waals surface area contributed by atoms with E-state index in [1.807, 2.05) is 24.3 Å². The monoisotopic (exact) mass is 274 g/mol. The van der Waals surface area contributed by atoms with Gasteiger partial charge >= 0.3 is 5.91 Å². The highest BCUT2D eigenvalue weighted by Crippen LogP contribution is 2.30. The van der Waals surface area contributed by atoms with Gasteiger partial charge in [-0.05, 0) is 19.1 Å². The molecule has 1 aromatic heterocycles. The molecule has 1 aromatic carbocycles. The van der Waals surface area contributed by atoms with Crippen molar-refractivity contribution in [2.24, 2.45) is 0 Å². The zero-order valence-electron chi connectivity index (χ0n) is 11.0. The quantitative estimate of drug-likeness (QED) is 0.919. The Hall–Kier alpha value is -2.50. The van der Waals surface area contributed by atoms with Crippen LogP contribution in [0.25, 0.3) is 0 Å². The van der Waals surface area contributed by atoms with Gasteiger partial charge in [0.2, 0.25) is 0 Å². The molecule has 1 atom stereocenters. The van der Waals surface area contributed by atoms with Gasteiger partial charge in [-0.1, -0.05) is 12.1 Å². The standard InChI is InChI=1S/C14H14N2O4/c1-9-6-16-14(19-9)13(17)15-7-10-8-18-11-4-2-3-5-12(11)20-10/h2-6,10H,7-8H2,1H3,(H,15,17). The first-order valence-electron chi connectivity index (χ1n) is 6.31. The molecule has 1 aliphatic heterocycles. The van der Waals surface area contributed by atoms with Crippen LogP contribution in [0, 0.1) is 6.92 Å². The Labute approximate surface area is 115 Å². The van der Waals surface area contributed by atoms with E-state index in [1.54, 1.807) is 6.92 Å². The molecule has 1 amide bonds. The lowest BCUT2D eigenvalue weighted by Crippen LogP contribution is -2.40. The second kappa shape index (κ2) is 5.24. The SMILES string of the molecule is Cc1cnc(C(=O)NCC2COc3ccccc3O2)o1. The van der Waals surface area contributed by atoms with Crippen molar-refractivity contribution in [1.82, 2.24) is 10.3 Å². The maximum Gasteiger partial charge on any atom is 0.307 e. The first kappa shape index (κ1) is 12.5. The Balaban J connectivity index is 1.56. The van der Waals surface area contributed by atoms with Gasteiger partial charge in [-0.3, -0.25) is 4.79 Å². The van der Waals surface area contributed by atoms with Crippen LogP contribution < -0.4 is 14.8 Å². The molecule has 6 heteroatoms. The number of hydrogen-bond acceptors (Lipinski definition) is 5. The van der Waals surface area contributed by atoms with Gasteiger partial charge in [0.05, 0.1) is 12.7 Å². The molecule has 0 spiro atoms. The van der Waals surface area contributed by atoms with E-state index in [0.29, 0.717) is 24.7 Å². The van der Waals surface area contributed by atoms with Crippen LogP contribution in [0.1, 0.15) is 16.4 Å². The van der Waals surface area contributed by atoms with Gasteiger partial charge in [0, 0.05) is 0 Å². The smallest absolute Gasteiger partial charge is 0.307 e. The van der Waals surface area contributed by atoms with E-state index in [2.05, 4.69) is 10.3 Å². The predicted molar refractivity (Wildman–Crippen MR) is 69.9 cm³/mol. The van der Waals surface area contributed by atoms with E-state index in [9.17, 15) is 4.79 Å². The molecule has 2 heterocycles. The van der Waals surface area contributed by atoms with Crippen molar-refractivity contribution in [3.63, 3.8) is 0 Å². The Bertz CT molecular complexity index is 623. The number of oxazole rings is 1. The Morgan fingerprint density at radius 2 is 2.20 bits per heavy atom. The van der Waals surface area contributed by atoms with Gasteiger partial charge in [0.1, 0.15) is 18.5 Å². The molecule has 20 heavy (non-hydrogen) atoms. The number of para-hydroxylation sites is 2. The van der Waals surface area contributed by atoms with Crippen LogP contribution in [0.4, 0.5) is 0 Å². The number of nitrogens with zero attached hydrogens (tertiary/aromatic N) is 1. The third kappa shape index (κ3) is 2.59. The fourth-order valence-corrected chi connectivity index (χ4v) is 1.91. The summed E-state index contributed by atoms with van der Waals surface area (Å²) in [6.45, 7) is 2.45. The lowest BCUT2D eigenvalue weighted by molar-refractivity contribution is 0.0768. The zero-order chi connectivity index (χ0) is 13.9. The average molecular weight is 274 g/mol. The molecule has 104 valence electrons. The lowest BCUT2D eigenvalue weighted by Gasteiger charge is -2.26. The molecule has 0 bridgehead atoms. The minimum absolute atomic E-state index is 0.0552. The van der Waals surface area contributed by atoms with Crippen LogP contribution in [-0.2, 0) is 0 Å². The fourth-order valence-electron chi connectivity index (χ4n) is 1.91.